The molecule has 0 fully saturated rings. The average Bonchev–Trinajstić information content (AvgIpc) is 3.00. The molecule has 0 radical (unpaired) electrons. The van der Waals surface area contributed by atoms with Gasteiger partial charge in [-0.1, -0.05) is 6.92 Å². The van der Waals surface area contributed by atoms with Gasteiger partial charge in [0, 0.05) is 23.0 Å². The Kier molecular flexibility index (Phi) is 4.26. The van der Waals surface area contributed by atoms with Crippen molar-refractivity contribution in [2.45, 2.75) is 25.9 Å². The van der Waals surface area contributed by atoms with E-state index >= 15 is 0 Å². The molecule has 2 heterocycles. The molecule has 1 N–H and O–H groups in total. The normalized spacial score (nSPS) is 12.2. The van der Waals surface area contributed by atoms with E-state index in [9.17, 15) is 0 Å². The smallest absolute Gasteiger partial charge is 0.110 e. The molecule has 0 amide bonds. The lowest BCUT2D eigenvalue weighted by Crippen LogP contribution is -2.19. The van der Waals surface area contributed by atoms with Crippen LogP contribution in [0.1, 0.15) is 34.1 Å². The summed E-state index contributed by atoms with van der Waals surface area (Å²) < 4.78 is 0. The average molecular weight is 263 g/mol. The van der Waals surface area contributed by atoms with Crippen LogP contribution in [0.5, 0.6) is 0 Å². The number of thiophene rings is 1. The van der Waals surface area contributed by atoms with Crippen molar-refractivity contribution in [3.05, 3.63) is 38.5 Å². The molecule has 0 saturated carbocycles. The SMILES string of the molecule is CCC(NCc1ccc(C#N)s1)c1nccs1. The van der Waals surface area contributed by atoms with Crippen LogP contribution < -0.4 is 5.32 Å². The van der Waals surface area contributed by atoms with Crippen molar-refractivity contribution in [1.82, 2.24) is 10.3 Å². The number of hydrogen-bond acceptors (Lipinski definition) is 5. The predicted octanol–water partition coefficient (Wildman–Crippen LogP) is 3.32. The second-order valence-electron chi connectivity index (χ2n) is 3.59. The molecule has 0 aliphatic heterocycles. The fraction of sp³-hybridized carbons (Fsp3) is 0.333. The van der Waals surface area contributed by atoms with Gasteiger partial charge in [0.25, 0.3) is 0 Å². The molecular formula is C12H13N3S2. The van der Waals surface area contributed by atoms with Crippen LogP contribution in [0.4, 0.5) is 0 Å². The zero-order chi connectivity index (χ0) is 12.1. The highest BCUT2D eigenvalue weighted by atomic mass is 32.1. The van der Waals surface area contributed by atoms with E-state index in [-0.39, 0.29) is 0 Å². The maximum atomic E-state index is 8.76. The van der Waals surface area contributed by atoms with Gasteiger partial charge in [0.2, 0.25) is 0 Å². The van der Waals surface area contributed by atoms with Gasteiger partial charge in [-0.15, -0.1) is 22.7 Å². The first-order valence-electron chi connectivity index (χ1n) is 5.45. The van der Waals surface area contributed by atoms with Crippen LogP contribution >= 0.6 is 22.7 Å². The second-order valence-corrected chi connectivity index (χ2v) is 5.68. The summed E-state index contributed by atoms with van der Waals surface area (Å²) in [6.07, 6.45) is 2.85. The summed E-state index contributed by atoms with van der Waals surface area (Å²) in [6.45, 7) is 2.94. The molecule has 0 aromatic carbocycles. The molecule has 0 aliphatic carbocycles. The van der Waals surface area contributed by atoms with E-state index in [0.717, 1.165) is 22.9 Å². The highest BCUT2D eigenvalue weighted by molar-refractivity contribution is 7.12. The number of aromatic nitrogens is 1. The summed E-state index contributed by atoms with van der Waals surface area (Å²) in [7, 11) is 0. The fourth-order valence-electron chi connectivity index (χ4n) is 1.57. The molecular weight excluding hydrogens is 250 g/mol. The van der Waals surface area contributed by atoms with Crippen LogP contribution in [0, 0.1) is 11.3 Å². The Bertz CT molecular complexity index is 496. The molecule has 0 saturated heterocycles. The van der Waals surface area contributed by atoms with Gasteiger partial charge < -0.3 is 5.32 Å². The van der Waals surface area contributed by atoms with Gasteiger partial charge in [-0.2, -0.15) is 5.26 Å². The maximum Gasteiger partial charge on any atom is 0.110 e. The standard InChI is InChI=1S/C12H13N3S2/c1-2-11(12-14-5-6-16-12)15-8-10-4-3-9(7-13)17-10/h3-6,11,15H,2,8H2,1H3. The molecule has 88 valence electrons. The first-order chi connectivity index (χ1) is 8.33. The first kappa shape index (κ1) is 12.2. The lowest BCUT2D eigenvalue weighted by molar-refractivity contribution is 0.519. The number of rotatable bonds is 5. The van der Waals surface area contributed by atoms with Crippen LogP contribution in [0.3, 0.4) is 0 Å². The van der Waals surface area contributed by atoms with Crippen molar-refractivity contribution in [1.29, 1.82) is 5.26 Å². The highest BCUT2D eigenvalue weighted by Gasteiger charge is 2.11. The second kappa shape index (κ2) is 5.92. The lowest BCUT2D eigenvalue weighted by Gasteiger charge is -2.13. The van der Waals surface area contributed by atoms with Gasteiger partial charge in [-0.3, -0.25) is 0 Å². The van der Waals surface area contributed by atoms with Crippen molar-refractivity contribution >= 4 is 22.7 Å². The largest absolute Gasteiger partial charge is 0.303 e. The van der Waals surface area contributed by atoms with Crippen molar-refractivity contribution in [3.8, 4) is 6.07 Å². The molecule has 2 aromatic heterocycles. The third kappa shape index (κ3) is 3.13. The Morgan fingerprint density at radius 2 is 2.41 bits per heavy atom. The minimum Gasteiger partial charge on any atom is -0.303 e. The van der Waals surface area contributed by atoms with Crippen LogP contribution in [-0.2, 0) is 6.54 Å². The van der Waals surface area contributed by atoms with Crippen molar-refractivity contribution in [2.75, 3.05) is 0 Å². The zero-order valence-corrected chi connectivity index (χ0v) is 11.1. The molecule has 5 heteroatoms. The van der Waals surface area contributed by atoms with Gasteiger partial charge in [0.15, 0.2) is 0 Å². The van der Waals surface area contributed by atoms with Crippen LogP contribution in [0.2, 0.25) is 0 Å². The molecule has 2 rings (SSSR count). The molecule has 17 heavy (non-hydrogen) atoms. The van der Waals surface area contributed by atoms with Gasteiger partial charge in [0.05, 0.1) is 6.04 Å². The number of hydrogen-bond donors (Lipinski definition) is 1. The summed E-state index contributed by atoms with van der Waals surface area (Å²) in [5, 5.41) is 15.4. The van der Waals surface area contributed by atoms with Crippen LogP contribution in [-0.4, -0.2) is 4.98 Å². The molecule has 2 aromatic rings. The number of nitriles is 1. The summed E-state index contributed by atoms with van der Waals surface area (Å²) in [5.74, 6) is 0. The monoisotopic (exact) mass is 263 g/mol. The molecule has 0 bridgehead atoms. The van der Waals surface area contributed by atoms with Crippen molar-refractivity contribution in [2.24, 2.45) is 0 Å². The first-order valence-corrected chi connectivity index (χ1v) is 7.14. The van der Waals surface area contributed by atoms with Gasteiger partial charge in [0.1, 0.15) is 16.0 Å². The predicted molar refractivity (Wildman–Crippen MR) is 71.0 cm³/mol. The summed E-state index contributed by atoms with van der Waals surface area (Å²) >= 11 is 3.22. The van der Waals surface area contributed by atoms with E-state index in [1.165, 1.54) is 4.88 Å². The van der Waals surface area contributed by atoms with E-state index in [4.69, 9.17) is 5.26 Å². The Labute approximate surface area is 109 Å². The molecule has 1 atom stereocenters. The Morgan fingerprint density at radius 3 is 3.00 bits per heavy atom. The molecule has 0 spiro atoms. The zero-order valence-electron chi connectivity index (χ0n) is 9.51. The quantitative estimate of drug-likeness (QED) is 0.900. The third-order valence-corrected chi connectivity index (χ3v) is 4.33. The molecule has 0 aliphatic rings. The van der Waals surface area contributed by atoms with Crippen molar-refractivity contribution in [3.63, 3.8) is 0 Å². The van der Waals surface area contributed by atoms with Gasteiger partial charge in [-0.05, 0) is 18.6 Å². The maximum absolute atomic E-state index is 8.76. The van der Waals surface area contributed by atoms with Gasteiger partial charge >= 0.3 is 0 Å². The topological polar surface area (TPSA) is 48.7 Å². The van der Waals surface area contributed by atoms with Crippen molar-refractivity contribution < 1.29 is 0 Å². The minimum atomic E-state index is 0.308. The van der Waals surface area contributed by atoms with Crippen LogP contribution in [0.15, 0.2) is 23.7 Å². The lowest BCUT2D eigenvalue weighted by atomic mass is 10.2. The minimum absolute atomic E-state index is 0.308. The number of nitrogens with one attached hydrogen (secondary N) is 1. The van der Waals surface area contributed by atoms with Crippen LogP contribution in [0.25, 0.3) is 0 Å². The van der Waals surface area contributed by atoms with E-state index in [1.807, 2.05) is 23.7 Å². The summed E-state index contributed by atoms with van der Waals surface area (Å²) in [5.41, 5.74) is 0. The number of nitrogens with zero attached hydrogens (tertiary/aromatic N) is 2. The molecule has 3 nitrogen and oxygen atoms in total. The third-order valence-electron chi connectivity index (χ3n) is 2.45. The highest BCUT2D eigenvalue weighted by Crippen LogP contribution is 2.21. The fourth-order valence-corrected chi connectivity index (χ4v) is 3.12. The Hall–Kier alpha value is -1.22. The summed E-state index contributed by atoms with van der Waals surface area (Å²) in [4.78, 5) is 6.29. The summed E-state index contributed by atoms with van der Waals surface area (Å²) in [6, 6.07) is 6.34. The van der Waals surface area contributed by atoms with E-state index < -0.39 is 0 Å². The van der Waals surface area contributed by atoms with E-state index in [0.29, 0.717) is 6.04 Å². The van der Waals surface area contributed by atoms with E-state index in [1.54, 1.807) is 22.7 Å². The van der Waals surface area contributed by atoms with E-state index in [2.05, 4.69) is 23.3 Å². The Morgan fingerprint density at radius 1 is 1.53 bits per heavy atom. The van der Waals surface area contributed by atoms with Gasteiger partial charge in [-0.25, -0.2) is 4.98 Å². The molecule has 1 unspecified atom stereocenters. The number of thiazole rings is 1. The Balaban J connectivity index is 1.95.